The fourth-order valence-corrected chi connectivity index (χ4v) is 6.15. The maximum absolute atomic E-state index is 14.2. The van der Waals surface area contributed by atoms with Crippen molar-refractivity contribution in [2.45, 2.75) is 83.7 Å². The van der Waals surface area contributed by atoms with Crippen molar-refractivity contribution in [2.75, 3.05) is 17.4 Å². The van der Waals surface area contributed by atoms with Crippen molar-refractivity contribution in [1.82, 2.24) is 10.2 Å². The molecule has 0 heterocycles. The minimum atomic E-state index is -4.10. The van der Waals surface area contributed by atoms with Crippen LogP contribution in [0.4, 0.5) is 5.69 Å². The average Bonchev–Trinajstić information content (AvgIpc) is 2.93. The fraction of sp³-hybridized carbons (Fsp3) is 0.412. The first kappa shape index (κ1) is 32.9. The number of aryl methyl sites for hydroxylation is 1. The average molecular weight is 592 g/mol. The van der Waals surface area contributed by atoms with Gasteiger partial charge in [0.25, 0.3) is 10.0 Å². The van der Waals surface area contributed by atoms with Gasteiger partial charge in [-0.2, -0.15) is 0 Å². The Labute approximate surface area is 252 Å². The van der Waals surface area contributed by atoms with Gasteiger partial charge >= 0.3 is 0 Å². The first-order valence-electron chi connectivity index (χ1n) is 14.6. The topological polar surface area (TPSA) is 86.8 Å². The van der Waals surface area contributed by atoms with E-state index in [9.17, 15) is 18.0 Å². The molecular weight excluding hydrogens is 546 g/mol. The summed E-state index contributed by atoms with van der Waals surface area (Å²) in [5.41, 5.74) is 2.92. The molecule has 42 heavy (non-hydrogen) atoms. The van der Waals surface area contributed by atoms with Gasteiger partial charge in [0, 0.05) is 12.1 Å². The molecule has 0 aliphatic rings. The molecule has 0 radical (unpaired) electrons. The van der Waals surface area contributed by atoms with Crippen LogP contribution in [0.2, 0.25) is 0 Å². The molecule has 0 bridgehead atoms. The van der Waals surface area contributed by atoms with Gasteiger partial charge in [0.2, 0.25) is 11.8 Å². The minimum absolute atomic E-state index is 0.0992. The van der Waals surface area contributed by atoms with E-state index in [1.165, 1.54) is 4.90 Å². The number of sulfonamides is 1. The maximum atomic E-state index is 14.2. The van der Waals surface area contributed by atoms with E-state index >= 15 is 0 Å². The molecule has 0 aliphatic heterocycles. The van der Waals surface area contributed by atoms with E-state index in [1.54, 1.807) is 36.4 Å². The van der Waals surface area contributed by atoms with Gasteiger partial charge in [-0.15, -0.1) is 0 Å². The molecule has 0 saturated carbocycles. The molecule has 3 aromatic rings. The predicted molar refractivity (Wildman–Crippen MR) is 170 cm³/mol. The number of hydrogen-bond donors (Lipinski definition) is 1. The van der Waals surface area contributed by atoms with Crippen LogP contribution in [0.1, 0.15) is 70.6 Å². The molecule has 1 atom stereocenters. The van der Waals surface area contributed by atoms with E-state index in [0.29, 0.717) is 18.5 Å². The lowest BCUT2D eigenvalue weighted by molar-refractivity contribution is -0.140. The Bertz CT molecular complexity index is 1430. The Morgan fingerprint density at radius 3 is 2.00 bits per heavy atom. The van der Waals surface area contributed by atoms with Crippen LogP contribution in [-0.4, -0.2) is 49.8 Å². The zero-order chi connectivity index (χ0) is 31.1. The highest BCUT2D eigenvalue weighted by Crippen LogP contribution is 2.27. The lowest BCUT2D eigenvalue weighted by atomic mass is 10.0. The maximum Gasteiger partial charge on any atom is 0.264 e. The number of hydrogen-bond acceptors (Lipinski definition) is 4. The van der Waals surface area contributed by atoms with Gasteiger partial charge < -0.3 is 10.2 Å². The second-order valence-corrected chi connectivity index (χ2v) is 13.9. The number of carbonyl (C=O) groups is 2. The smallest absolute Gasteiger partial charge is 0.264 e. The summed E-state index contributed by atoms with van der Waals surface area (Å²) < 4.78 is 29.2. The SMILES string of the molecule is CC[C@H](C(=O)NC(C)(C)C)N(CCc1ccccc1)C(=O)CN(c1ccc(C(C)C)cc1)S(=O)(=O)c1ccc(C)cc1. The standard InChI is InChI=1S/C34H45N3O4S/c1-8-31(33(39)35-34(5,6)7)36(23-22-27-12-10-9-11-13-27)32(38)24-37(29-18-16-28(17-19-29)25(2)3)42(40,41)30-20-14-26(4)15-21-30/h9-21,25,31H,8,22-24H2,1-7H3,(H,35,39)/t31-/m1/s1. The molecule has 0 fully saturated rings. The van der Waals surface area contributed by atoms with Crippen LogP contribution in [0.25, 0.3) is 0 Å². The summed E-state index contributed by atoms with van der Waals surface area (Å²) in [5.74, 6) is -0.436. The van der Waals surface area contributed by atoms with E-state index in [0.717, 1.165) is 21.0 Å². The van der Waals surface area contributed by atoms with Crippen LogP contribution >= 0.6 is 0 Å². The molecule has 0 spiro atoms. The van der Waals surface area contributed by atoms with Crippen molar-refractivity contribution in [1.29, 1.82) is 0 Å². The van der Waals surface area contributed by atoms with E-state index in [-0.39, 0.29) is 23.3 Å². The van der Waals surface area contributed by atoms with Crippen molar-refractivity contribution < 1.29 is 18.0 Å². The Morgan fingerprint density at radius 1 is 0.881 bits per heavy atom. The Kier molecular flexibility index (Phi) is 11.0. The summed E-state index contributed by atoms with van der Waals surface area (Å²) in [7, 11) is -4.10. The van der Waals surface area contributed by atoms with Crippen LogP contribution in [0.3, 0.4) is 0 Å². The van der Waals surface area contributed by atoms with Crippen molar-refractivity contribution in [3.05, 3.63) is 95.6 Å². The third-order valence-corrected chi connectivity index (χ3v) is 8.89. The number of carbonyl (C=O) groups excluding carboxylic acids is 2. The summed E-state index contributed by atoms with van der Waals surface area (Å²) in [4.78, 5) is 29.2. The van der Waals surface area contributed by atoms with Crippen molar-refractivity contribution in [3.63, 3.8) is 0 Å². The molecular formula is C34H45N3O4S. The second-order valence-electron chi connectivity index (χ2n) is 12.1. The van der Waals surface area contributed by atoms with E-state index in [1.807, 2.05) is 77.1 Å². The highest BCUT2D eigenvalue weighted by atomic mass is 32.2. The molecule has 8 heteroatoms. The number of nitrogens with zero attached hydrogens (tertiary/aromatic N) is 2. The van der Waals surface area contributed by atoms with Gasteiger partial charge in [0.1, 0.15) is 12.6 Å². The van der Waals surface area contributed by atoms with Crippen molar-refractivity contribution in [2.24, 2.45) is 0 Å². The van der Waals surface area contributed by atoms with Crippen LogP contribution in [0.15, 0.2) is 83.8 Å². The quantitative estimate of drug-likeness (QED) is 0.277. The van der Waals surface area contributed by atoms with Crippen LogP contribution in [-0.2, 0) is 26.0 Å². The Morgan fingerprint density at radius 2 is 1.48 bits per heavy atom. The first-order chi connectivity index (χ1) is 19.7. The monoisotopic (exact) mass is 591 g/mol. The molecule has 0 unspecified atom stereocenters. The molecule has 3 aromatic carbocycles. The molecule has 0 saturated heterocycles. The summed E-state index contributed by atoms with van der Waals surface area (Å²) in [6.07, 6.45) is 0.913. The number of nitrogens with one attached hydrogen (secondary N) is 1. The summed E-state index contributed by atoms with van der Waals surface area (Å²) >= 11 is 0. The molecule has 0 aromatic heterocycles. The van der Waals surface area contributed by atoms with Gasteiger partial charge in [-0.3, -0.25) is 13.9 Å². The van der Waals surface area contributed by atoms with Gasteiger partial charge in [-0.25, -0.2) is 8.42 Å². The number of rotatable bonds is 12. The molecule has 1 N–H and O–H groups in total. The highest BCUT2D eigenvalue weighted by molar-refractivity contribution is 7.92. The van der Waals surface area contributed by atoms with Crippen molar-refractivity contribution in [3.8, 4) is 0 Å². The van der Waals surface area contributed by atoms with Crippen LogP contribution in [0, 0.1) is 6.92 Å². The third kappa shape index (κ3) is 8.68. The number of anilines is 1. The summed E-state index contributed by atoms with van der Waals surface area (Å²) in [6, 6.07) is 22.8. The lowest BCUT2D eigenvalue weighted by Gasteiger charge is -2.34. The van der Waals surface area contributed by atoms with E-state index in [2.05, 4.69) is 19.2 Å². The van der Waals surface area contributed by atoms with Gasteiger partial charge in [-0.1, -0.05) is 80.9 Å². The minimum Gasteiger partial charge on any atom is -0.350 e. The lowest BCUT2D eigenvalue weighted by Crippen LogP contribution is -2.56. The zero-order valence-corrected chi connectivity index (χ0v) is 26.7. The molecule has 0 aliphatic carbocycles. The summed E-state index contributed by atoms with van der Waals surface area (Å²) in [6.45, 7) is 13.4. The molecule has 226 valence electrons. The zero-order valence-electron chi connectivity index (χ0n) is 25.9. The van der Waals surface area contributed by atoms with Gasteiger partial charge in [0.05, 0.1) is 10.6 Å². The largest absolute Gasteiger partial charge is 0.350 e. The van der Waals surface area contributed by atoms with Gasteiger partial charge in [0.15, 0.2) is 0 Å². The number of amides is 2. The normalized spacial score (nSPS) is 12.6. The predicted octanol–water partition coefficient (Wildman–Crippen LogP) is 6.08. The summed E-state index contributed by atoms with van der Waals surface area (Å²) in [5, 5.41) is 3.00. The fourth-order valence-electron chi connectivity index (χ4n) is 4.74. The van der Waals surface area contributed by atoms with Crippen molar-refractivity contribution >= 4 is 27.5 Å². The van der Waals surface area contributed by atoms with Crippen LogP contribution in [0.5, 0.6) is 0 Å². The molecule has 2 amide bonds. The van der Waals surface area contributed by atoms with E-state index in [4.69, 9.17) is 0 Å². The van der Waals surface area contributed by atoms with Gasteiger partial charge in [-0.05, 0) is 81.8 Å². The Hall–Kier alpha value is -3.65. The van der Waals surface area contributed by atoms with E-state index < -0.39 is 34.1 Å². The molecule has 3 rings (SSSR count). The Balaban J connectivity index is 2.04. The number of benzene rings is 3. The second kappa shape index (κ2) is 14.0. The highest BCUT2D eigenvalue weighted by Gasteiger charge is 2.34. The first-order valence-corrected chi connectivity index (χ1v) is 16.0. The van der Waals surface area contributed by atoms with Crippen LogP contribution < -0.4 is 9.62 Å². The molecule has 7 nitrogen and oxygen atoms in total. The third-order valence-electron chi connectivity index (χ3n) is 7.10.